The van der Waals surface area contributed by atoms with E-state index in [0.717, 1.165) is 23.9 Å². The Balaban J connectivity index is 2.00. The number of likely N-dealkylation sites (N-methyl/N-ethyl adjacent to an activating group) is 1. The van der Waals surface area contributed by atoms with Gasteiger partial charge in [-0.25, -0.2) is 0 Å². The SMILES string of the molecule is CC(C)n1cccc1[C@@H]1[C@H](c2ccccn2)NC(=S)N1CCN(C)C. The Morgan fingerprint density at radius 1 is 1.24 bits per heavy atom. The minimum Gasteiger partial charge on any atom is -0.352 e. The summed E-state index contributed by atoms with van der Waals surface area (Å²) in [6.45, 7) is 6.26. The molecule has 25 heavy (non-hydrogen) atoms. The van der Waals surface area contributed by atoms with E-state index in [1.54, 1.807) is 0 Å². The van der Waals surface area contributed by atoms with Crippen LogP contribution in [0.1, 0.15) is 43.4 Å². The van der Waals surface area contributed by atoms with Crippen molar-refractivity contribution in [3.05, 3.63) is 54.1 Å². The van der Waals surface area contributed by atoms with Crippen LogP contribution < -0.4 is 5.32 Å². The quantitative estimate of drug-likeness (QED) is 0.804. The molecule has 5 nitrogen and oxygen atoms in total. The Morgan fingerprint density at radius 3 is 2.68 bits per heavy atom. The Hall–Kier alpha value is -1.92. The van der Waals surface area contributed by atoms with Crippen LogP contribution in [0, 0.1) is 0 Å². The lowest BCUT2D eigenvalue weighted by Crippen LogP contribution is -2.36. The molecule has 134 valence electrons. The van der Waals surface area contributed by atoms with Gasteiger partial charge in [-0.15, -0.1) is 0 Å². The molecule has 0 radical (unpaired) electrons. The van der Waals surface area contributed by atoms with Crippen molar-refractivity contribution in [1.82, 2.24) is 24.7 Å². The number of thiocarbonyl (C=S) groups is 1. The van der Waals surface area contributed by atoms with Crippen molar-refractivity contribution >= 4 is 17.3 Å². The molecule has 1 N–H and O–H groups in total. The van der Waals surface area contributed by atoms with Gasteiger partial charge in [0, 0.05) is 37.2 Å². The fraction of sp³-hybridized carbons (Fsp3) is 0.474. The van der Waals surface area contributed by atoms with E-state index in [1.165, 1.54) is 5.69 Å². The zero-order valence-corrected chi connectivity index (χ0v) is 16.2. The van der Waals surface area contributed by atoms with E-state index in [0.29, 0.717) is 6.04 Å². The van der Waals surface area contributed by atoms with Crippen molar-refractivity contribution in [2.75, 3.05) is 27.2 Å². The monoisotopic (exact) mass is 357 g/mol. The van der Waals surface area contributed by atoms with Crippen LogP contribution in [-0.4, -0.2) is 51.6 Å². The van der Waals surface area contributed by atoms with Gasteiger partial charge >= 0.3 is 0 Å². The Labute approximate surface area is 155 Å². The van der Waals surface area contributed by atoms with Crippen LogP contribution in [0.15, 0.2) is 42.7 Å². The number of nitrogens with one attached hydrogen (secondary N) is 1. The first-order valence-electron chi connectivity index (χ1n) is 8.78. The second kappa shape index (κ2) is 7.54. The van der Waals surface area contributed by atoms with E-state index in [9.17, 15) is 0 Å². The van der Waals surface area contributed by atoms with Crippen molar-refractivity contribution in [2.45, 2.75) is 32.0 Å². The minimum absolute atomic E-state index is 0.0586. The summed E-state index contributed by atoms with van der Waals surface area (Å²) in [5.41, 5.74) is 2.30. The summed E-state index contributed by atoms with van der Waals surface area (Å²) in [6.07, 6.45) is 4.00. The summed E-state index contributed by atoms with van der Waals surface area (Å²) in [6, 6.07) is 11.0. The first kappa shape index (κ1) is 17.9. The van der Waals surface area contributed by atoms with Crippen molar-refractivity contribution in [3.8, 4) is 0 Å². The predicted molar refractivity (Wildman–Crippen MR) is 106 cm³/mol. The van der Waals surface area contributed by atoms with E-state index in [4.69, 9.17) is 12.2 Å². The first-order valence-corrected chi connectivity index (χ1v) is 9.19. The molecule has 1 aliphatic rings. The zero-order chi connectivity index (χ0) is 18.0. The van der Waals surface area contributed by atoms with Gasteiger partial charge in [0.15, 0.2) is 5.11 Å². The highest BCUT2D eigenvalue weighted by atomic mass is 32.1. The lowest BCUT2D eigenvalue weighted by Gasteiger charge is -2.30. The van der Waals surface area contributed by atoms with Gasteiger partial charge in [-0.1, -0.05) is 6.07 Å². The predicted octanol–water partition coefficient (Wildman–Crippen LogP) is 3.00. The van der Waals surface area contributed by atoms with Gasteiger partial charge in [0.25, 0.3) is 0 Å². The van der Waals surface area contributed by atoms with Gasteiger partial charge in [0.2, 0.25) is 0 Å². The van der Waals surface area contributed by atoms with Crippen molar-refractivity contribution in [3.63, 3.8) is 0 Å². The van der Waals surface area contributed by atoms with Crippen LogP contribution in [0.25, 0.3) is 0 Å². The van der Waals surface area contributed by atoms with E-state index in [-0.39, 0.29) is 12.1 Å². The molecular formula is C19H27N5S. The maximum atomic E-state index is 5.69. The Kier molecular flexibility index (Phi) is 5.39. The third-order valence-electron chi connectivity index (χ3n) is 4.66. The normalized spacial score (nSPS) is 20.6. The summed E-state index contributed by atoms with van der Waals surface area (Å²) in [5, 5.41) is 4.32. The molecule has 1 saturated heterocycles. The smallest absolute Gasteiger partial charge is 0.170 e. The zero-order valence-electron chi connectivity index (χ0n) is 15.4. The maximum absolute atomic E-state index is 5.69. The summed E-state index contributed by atoms with van der Waals surface area (Å²) < 4.78 is 2.33. The Bertz CT molecular complexity index is 710. The lowest BCUT2D eigenvalue weighted by atomic mass is 10.0. The summed E-state index contributed by atoms with van der Waals surface area (Å²) >= 11 is 5.69. The van der Waals surface area contributed by atoms with E-state index >= 15 is 0 Å². The average Bonchev–Trinajstić information content (AvgIpc) is 3.18. The molecule has 0 unspecified atom stereocenters. The standard InChI is InChI=1S/C19H27N5S/c1-14(2)23-11-7-9-16(23)18-17(15-8-5-6-10-20-15)21-19(25)24(18)13-12-22(3)4/h5-11,14,17-18H,12-13H2,1-4H3,(H,21,25)/t17-,18+/m0/s1. The third kappa shape index (κ3) is 3.70. The number of hydrogen-bond donors (Lipinski definition) is 1. The molecule has 3 rings (SSSR count). The molecule has 0 aromatic carbocycles. The molecular weight excluding hydrogens is 330 g/mol. The van der Waals surface area contributed by atoms with Gasteiger partial charge < -0.3 is 19.7 Å². The van der Waals surface area contributed by atoms with Crippen LogP contribution in [0.2, 0.25) is 0 Å². The average molecular weight is 358 g/mol. The fourth-order valence-electron chi connectivity index (χ4n) is 3.40. The van der Waals surface area contributed by atoms with Crippen molar-refractivity contribution in [2.24, 2.45) is 0 Å². The van der Waals surface area contributed by atoms with E-state index in [2.05, 4.69) is 77.0 Å². The molecule has 0 saturated carbocycles. The summed E-state index contributed by atoms with van der Waals surface area (Å²) in [4.78, 5) is 9.09. The number of nitrogens with zero attached hydrogens (tertiary/aromatic N) is 4. The minimum atomic E-state index is 0.0586. The van der Waals surface area contributed by atoms with Crippen LogP contribution in [-0.2, 0) is 0 Å². The summed E-state index contributed by atoms with van der Waals surface area (Å²) in [5.74, 6) is 0. The molecule has 0 bridgehead atoms. The van der Waals surface area contributed by atoms with E-state index < -0.39 is 0 Å². The maximum Gasteiger partial charge on any atom is 0.170 e. The van der Waals surface area contributed by atoms with Crippen LogP contribution >= 0.6 is 12.2 Å². The molecule has 1 aliphatic heterocycles. The van der Waals surface area contributed by atoms with Gasteiger partial charge in [0.05, 0.1) is 17.8 Å². The Morgan fingerprint density at radius 2 is 2.04 bits per heavy atom. The van der Waals surface area contributed by atoms with Gasteiger partial charge in [0.1, 0.15) is 0 Å². The van der Waals surface area contributed by atoms with Gasteiger partial charge in [-0.05, 0) is 64.4 Å². The number of aromatic nitrogens is 2. The summed E-state index contributed by atoms with van der Waals surface area (Å²) in [7, 11) is 4.18. The fourth-order valence-corrected chi connectivity index (χ4v) is 3.74. The highest BCUT2D eigenvalue weighted by molar-refractivity contribution is 7.80. The molecule has 2 atom stereocenters. The lowest BCUT2D eigenvalue weighted by molar-refractivity contribution is 0.266. The highest BCUT2D eigenvalue weighted by Crippen LogP contribution is 2.39. The number of hydrogen-bond acceptors (Lipinski definition) is 3. The largest absolute Gasteiger partial charge is 0.352 e. The molecule has 3 heterocycles. The second-order valence-corrected chi connectivity index (χ2v) is 7.44. The first-order chi connectivity index (χ1) is 12.0. The van der Waals surface area contributed by atoms with Crippen LogP contribution in [0.4, 0.5) is 0 Å². The molecule has 2 aromatic rings. The second-order valence-electron chi connectivity index (χ2n) is 7.06. The number of rotatable bonds is 6. The van der Waals surface area contributed by atoms with Crippen LogP contribution in [0.3, 0.4) is 0 Å². The van der Waals surface area contributed by atoms with Gasteiger partial charge in [-0.2, -0.15) is 0 Å². The van der Waals surface area contributed by atoms with Crippen molar-refractivity contribution < 1.29 is 0 Å². The molecule has 1 fully saturated rings. The molecule has 0 aliphatic carbocycles. The molecule has 2 aromatic heterocycles. The highest BCUT2D eigenvalue weighted by Gasteiger charge is 2.41. The van der Waals surface area contributed by atoms with Crippen LogP contribution in [0.5, 0.6) is 0 Å². The van der Waals surface area contributed by atoms with E-state index in [1.807, 2.05) is 18.3 Å². The topological polar surface area (TPSA) is 36.3 Å². The molecule has 6 heteroatoms. The number of pyridine rings is 1. The van der Waals surface area contributed by atoms with Crippen molar-refractivity contribution in [1.29, 1.82) is 0 Å². The molecule has 0 amide bonds. The third-order valence-corrected chi connectivity index (χ3v) is 5.01. The molecule has 0 spiro atoms. The van der Waals surface area contributed by atoms with Gasteiger partial charge in [-0.3, -0.25) is 4.98 Å².